The molecular formula is C23H20N2O7S. The monoisotopic (exact) mass is 468 g/mol. The van der Waals surface area contributed by atoms with Crippen molar-refractivity contribution in [1.82, 2.24) is 0 Å². The lowest BCUT2D eigenvalue weighted by atomic mass is 10.1. The second kappa shape index (κ2) is 9.96. The third-order valence-corrected chi connectivity index (χ3v) is 5.84. The van der Waals surface area contributed by atoms with Crippen LogP contribution >= 0.6 is 0 Å². The fourth-order valence-electron chi connectivity index (χ4n) is 2.88. The van der Waals surface area contributed by atoms with Gasteiger partial charge in [-0.15, -0.1) is 0 Å². The summed E-state index contributed by atoms with van der Waals surface area (Å²) in [7, 11) is -4.05. The number of sulfonamides is 1. The molecule has 170 valence electrons. The molecule has 0 aliphatic heterocycles. The Bertz CT molecular complexity index is 1300. The van der Waals surface area contributed by atoms with Crippen molar-refractivity contribution in [3.63, 3.8) is 0 Å². The number of hydrogen-bond acceptors (Lipinski definition) is 6. The molecule has 3 rings (SSSR count). The highest BCUT2D eigenvalue weighted by atomic mass is 32.2. The summed E-state index contributed by atoms with van der Waals surface area (Å²) < 4.78 is 32.8. The molecular weight excluding hydrogens is 448 g/mol. The van der Waals surface area contributed by atoms with Crippen LogP contribution in [0.3, 0.4) is 0 Å². The molecule has 0 aromatic heterocycles. The van der Waals surface area contributed by atoms with Crippen LogP contribution in [-0.4, -0.2) is 38.0 Å². The van der Waals surface area contributed by atoms with Crippen molar-refractivity contribution in [3.05, 3.63) is 89.5 Å². The van der Waals surface area contributed by atoms with E-state index < -0.39 is 27.9 Å². The van der Waals surface area contributed by atoms with Crippen LogP contribution in [0.5, 0.6) is 0 Å². The predicted molar refractivity (Wildman–Crippen MR) is 121 cm³/mol. The Hall–Kier alpha value is -4.18. The number of aromatic carboxylic acids is 1. The highest BCUT2D eigenvalue weighted by Crippen LogP contribution is 2.20. The van der Waals surface area contributed by atoms with E-state index in [1.807, 2.05) is 0 Å². The Morgan fingerprint density at radius 1 is 0.909 bits per heavy atom. The molecule has 0 saturated carbocycles. The van der Waals surface area contributed by atoms with E-state index in [-0.39, 0.29) is 39.6 Å². The van der Waals surface area contributed by atoms with E-state index in [9.17, 15) is 27.9 Å². The quantitative estimate of drug-likeness (QED) is 0.429. The van der Waals surface area contributed by atoms with Gasteiger partial charge in [-0.25, -0.2) is 18.0 Å². The van der Waals surface area contributed by atoms with Crippen LogP contribution in [0.2, 0.25) is 0 Å². The average molecular weight is 468 g/mol. The standard InChI is InChI=1S/C23H20N2O7S/c1-2-32-23(29)15-10-12-17(13-11-15)25-33(30,31)18-7-5-6-16(14-18)21(26)24-20-9-4-3-8-19(20)22(27)28/h3-14,25H,2H2,1H3,(H,24,26)(H,27,28). The van der Waals surface area contributed by atoms with Gasteiger partial charge in [0.25, 0.3) is 15.9 Å². The number of nitrogens with one attached hydrogen (secondary N) is 2. The van der Waals surface area contributed by atoms with Crippen LogP contribution in [0.1, 0.15) is 38.0 Å². The van der Waals surface area contributed by atoms with Gasteiger partial charge in [-0.3, -0.25) is 9.52 Å². The van der Waals surface area contributed by atoms with Crippen molar-refractivity contribution in [2.75, 3.05) is 16.6 Å². The molecule has 9 nitrogen and oxygen atoms in total. The summed E-state index contributed by atoms with van der Waals surface area (Å²) >= 11 is 0. The minimum absolute atomic E-state index is 0.0238. The Balaban J connectivity index is 1.79. The van der Waals surface area contributed by atoms with Crippen molar-refractivity contribution in [2.24, 2.45) is 0 Å². The number of anilines is 2. The first-order valence-electron chi connectivity index (χ1n) is 9.75. The van der Waals surface area contributed by atoms with Crippen LogP contribution in [-0.2, 0) is 14.8 Å². The Labute approximate surface area is 190 Å². The van der Waals surface area contributed by atoms with E-state index in [0.29, 0.717) is 0 Å². The van der Waals surface area contributed by atoms with Crippen molar-refractivity contribution >= 4 is 39.2 Å². The van der Waals surface area contributed by atoms with Gasteiger partial charge in [0.1, 0.15) is 0 Å². The van der Waals surface area contributed by atoms with E-state index in [2.05, 4.69) is 10.0 Å². The van der Waals surface area contributed by atoms with Gasteiger partial charge >= 0.3 is 11.9 Å². The number of ether oxygens (including phenoxy) is 1. The van der Waals surface area contributed by atoms with E-state index in [0.717, 1.165) is 0 Å². The molecule has 0 aliphatic carbocycles. The minimum atomic E-state index is -4.05. The lowest BCUT2D eigenvalue weighted by molar-refractivity contribution is 0.0525. The Morgan fingerprint density at radius 3 is 2.27 bits per heavy atom. The molecule has 0 atom stereocenters. The van der Waals surface area contributed by atoms with Gasteiger partial charge in [0, 0.05) is 11.3 Å². The number of carbonyl (C=O) groups is 3. The maximum Gasteiger partial charge on any atom is 0.338 e. The van der Waals surface area contributed by atoms with Gasteiger partial charge in [0.15, 0.2) is 0 Å². The first kappa shape index (κ1) is 23.5. The molecule has 10 heteroatoms. The Morgan fingerprint density at radius 2 is 1.61 bits per heavy atom. The smallest absolute Gasteiger partial charge is 0.338 e. The molecule has 0 spiro atoms. The summed E-state index contributed by atoms with van der Waals surface area (Å²) in [5, 5.41) is 11.7. The fraction of sp³-hybridized carbons (Fsp3) is 0.0870. The molecule has 0 saturated heterocycles. The minimum Gasteiger partial charge on any atom is -0.478 e. The van der Waals surface area contributed by atoms with Crippen LogP contribution < -0.4 is 10.0 Å². The van der Waals surface area contributed by atoms with E-state index in [1.54, 1.807) is 13.0 Å². The van der Waals surface area contributed by atoms with Crippen molar-refractivity contribution in [3.8, 4) is 0 Å². The number of carboxylic acid groups (broad SMARTS) is 1. The second-order valence-electron chi connectivity index (χ2n) is 6.74. The first-order valence-corrected chi connectivity index (χ1v) is 11.2. The molecule has 0 unspecified atom stereocenters. The molecule has 0 bridgehead atoms. The number of hydrogen-bond donors (Lipinski definition) is 3. The molecule has 1 amide bonds. The van der Waals surface area contributed by atoms with Gasteiger partial charge in [0.2, 0.25) is 0 Å². The molecule has 3 N–H and O–H groups in total. The van der Waals surface area contributed by atoms with Crippen molar-refractivity contribution in [1.29, 1.82) is 0 Å². The van der Waals surface area contributed by atoms with Gasteiger partial charge in [-0.1, -0.05) is 18.2 Å². The zero-order valence-electron chi connectivity index (χ0n) is 17.4. The highest BCUT2D eigenvalue weighted by molar-refractivity contribution is 7.92. The summed E-state index contributed by atoms with van der Waals surface area (Å²) in [5.74, 6) is -2.39. The van der Waals surface area contributed by atoms with Crippen LogP contribution in [0.4, 0.5) is 11.4 Å². The molecule has 33 heavy (non-hydrogen) atoms. The lowest BCUT2D eigenvalue weighted by Crippen LogP contribution is -2.17. The van der Waals surface area contributed by atoms with E-state index in [4.69, 9.17) is 4.74 Å². The predicted octanol–water partition coefficient (Wildman–Crippen LogP) is 3.61. The average Bonchev–Trinajstić information content (AvgIpc) is 2.80. The lowest BCUT2D eigenvalue weighted by Gasteiger charge is -2.11. The number of para-hydroxylation sites is 1. The molecule has 0 fully saturated rings. The summed E-state index contributed by atoms with van der Waals surface area (Å²) in [6, 6.07) is 16.9. The third kappa shape index (κ3) is 5.74. The van der Waals surface area contributed by atoms with Crippen LogP contribution in [0.25, 0.3) is 0 Å². The largest absolute Gasteiger partial charge is 0.478 e. The molecule has 3 aromatic carbocycles. The van der Waals surface area contributed by atoms with Gasteiger partial charge in [0.05, 0.1) is 28.3 Å². The fourth-order valence-corrected chi connectivity index (χ4v) is 3.98. The summed E-state index contributed by atoms with van der Waals surface area (Å²) in [6.07, 6.45) is 0. The zero-order chi connectivity index (χ0) is 24.0. The molecule has 0 radical (unpaired) electrons. The number of benzene rings is 3. The summed E-state index contributed by atoms with van der Waals surface area (Å²) in [6.45, 7) is 1.90. The number of amides is 1. The maximum absolute atomic E-state index is 12.8. The summed E-state index contributed by atoms with van der Waals surface area (Å²) in [4.78, 5) is 35.5. The normalized spacial score (nSPS) is 10.8. The summed E-state index contributed by atoms with van der Waals surface area (Å²) in [5.41, 5.74) is 0.509. The van der Waals surface area contributed by atoms with Crippen LogP contribution in [0, 0.1) is 0 Å². The zero-order valence-corrected chi connectivity index (χ0v) is 18.3. The third-order valence-electron chi connectivity index (χ3n) is 4.46. The molecule has 0 heterocycles. The van der Waals surface area contributed by atoms with Crippen LogP contribution in [0.15, 0.2) is 77.7 Å². The number of esters is 1. The second-order valence-corrected chi connectivity index (χ2v) is 8.42. The highest BCUT2D eigenvalue weighted by Gasteiger charge is 2.18. The number of rotatable bonds is 8. The van der Waals surface area contributed by atoms with Crippen molar-refractivity contribution < 1.29 is 32.6 Å². The Kier molecular flexibility index (Phi) is 7.09. The first-order chi connectivity index (χ1) is 15.7. The SMILES string of the molecule is CCOC(=O)c1ccc(NS(=O)(=O)c2cccc(C(=O)Nc3ccccc3C(=O)O)c2)cc1. The maximum atomic E-state index is 12.8. The number of carboxylic acids is 1. The van der Waals surface area contributed by atoms with E-state index in [1.165, 1.54) is 66.7 Å². The van der Waals surface area contributed by atoms with Gasteiger partial charge < -0.3 is 15.2 Å². The molecule has 3 aromatic rings. The van der Waals surface area contributed by atoms with Gasteiger partial charge in [-0.05, 0) is 61.5 Å². The van der Waals surface area contributed by atoms with Crippen molar-refractivity contribution in [2.45, 2.75) is 11.8 Å². The molecule has 0 aliphatic rings. The topological polar surface area (TPSA) is 139 Å². The van der Waals surface area contributed by atoms with Gasteiger partial charge in [-0.2, -0.15) is 0 Å². The number of carbonyl (C=O) groups excluding carboxylic acids is 2. The van der Waals surface area contributed by atoms with E-state index >= 15 is 0 Å².